The van der Waals surface area contributed by atoms with Crippen LogP contribution in [0.15, 0.2) is 41.8 Å². The Labute approximate surface area is 160 Å². The van der Waals surface area contributed by atoms with E-state index in [9.17, 15) is 4.79 Å². The molecule has 0 radical (unpaired) electrons. The van der Waals surface area contributed by atoms with Gasteiger partial charge in [-0.25, -0.2) is 15.0 Å². The van der Waals surface area contributed by atoms with Crippen LogP contribution in [0.1, 0.15) is 5.69 Å². The molecule has 1 aromatic carbocycles. The SMILES string of the molecule is COc1cc2c(=O)n(CCc3cn4cccnc4n3)cnc2c(OC)c1OC. The highest BCUT2D eigenvalue weighted by Gasteiger charge is 2.19. The first-order valence-corrected chi connectivity index (χ1v) is 8.63. The van der Waals surface area contributed by atoms with Crippen LogP contribution in [0.25, 0.3) is 16.7 Å². The van der Waals surface area contributed by atoms with E-state index in [0.717, 1.165) is 5.69 Å². The number of rotatable bonds is 6. The standard InChI is InChI=1S/C19H19N5O4/c1-26-14-9-13-15(17(28-3)16(14)27-2)21-11-24(18(13)25)8-5-12-10-23-7-4-6-20-19(23)22-12/h4,6-7,9-11H,5,8H2,1-3H3. The second kappa shape index (κ2) is 7.18. The molecular weight excluding hydrogens is 362 g/mol. The summed E-state index contributed by atoms with van der Waals surface area (Å²) in [6.45, 7) is 0.433. The van der Waals surface area contributed by atoms with Crippen molar-refractivity contribution in [2.75, 3.05) is 21.3 Å². The summed E-state index contributed by atoms with van der Waals surface area (Å²) in [6, 6.07) is 3.46. The third-order valence-electron chi connectivity index (χ3n) is 4.52. The molecule has 4 rings (SSSR count). The first-order valence-electron chi connectivity index (χ1n) is 8.63. The molecular formula is C19H19N5O4. The molecule has 0 aliphatic carbocycles. The average molecular weight is 381 g/mol. The lowest BCUT2D eigenvalue weighted by atomic mass is 10.2. The average Bonchev–Trinajstić information content (AvgIpc) is 3.14. The van der Waals surface area contributed by atoms with Gasteiger partial charge in [-0.15, -0.1) is 0 Å². The van der Waals surface area contributed by atoms with Crippen LogP contribution >= 0.6 is 0 Å². The number of hydrogen-bond acceptors (Lipinski definition) is 7. The Balaban J connectivity index is 1.72. The zero-order valence-electron chi connectivity index (χ0n) is 15.7. The van der Waals surface area contributed by atoms with E-state index < -0.39 is 0 Å². The van der Waals surface area contributed by atoms with Crippen molar-refractivity contribution >= 4 is 16.7 Å². The van der Waals surface area contributed by atoms with Crippen LogP contribution in [-0.4, -0.2) is 45.2 Å². The summed E-state index contributed by atoms with van der Waals surface area (Å²) in [5.74, 6) is 1.81. The molecule has 144 valence electrons. The van der Waals surface area contributed by atoms with Gasteiger partial charge < -0.3 is 14.2 Å². The molecule has 0 bridgehead atoms. The van der Waals surface area contributed by atoms with E-state index in [2.05, 4.69) is 15.0 Å². The maximum absolute atomic E-state index is 13.0. The smallest absolute Gasteiger partial charge is 0.261 e. The Kier molecular flexibility index (Phi) is 4.56. The van der Waals surface area contributed by atoms with E-state index in [1.807, 2.05) is 22.9 Å². The lowest BCUT2D eigenvalue weighted by Gasteiger charge is -2.14. The summed E-state index contributed by atoms with van der Waals surface area (Å²) >= 11 is 0. The molecule has 0 aliphatic rings. The molecule has 0 unspecified atom stereocenters. The topological polar surface area (TPSA) is 92.8 Å². The van der Waals surface area contributed by atoms with Gasteiger partial charge in [-0.3, -0.25) is 13.8 Å². The minimum Gasteiger partial charge on any atom is -0.493 e. The quantitative estimate of drug-likeness (QED) is 0.502. The van der Waals surface area contributed by atoms with Crippen LogP contribution in [0.5, 0.6) is 17.2 Å². The van der Waals surface area contributed by atoms with Gasteiger partial charge in [-0.2, -0.15) is 0 Å². The summed E-state index contributed by atoms with van der Waals surface area (Å²) < 4.78 is 19.5. The van der Waals surface area contributed by atoms with Gasteiger partial charge in [0.2, 0.25) is 11.5 Å². The molecule has 0 saturated heterocycles. The monoisotopic (exact) mass is 381 g/mol. The van der Waals surface area contributed by atoms with Crippen LogP contribution in [0.4, 0.5) is 0 Å². The molecule has 3 aromatic heterocycles. The number of ether oxygens (including phenoxy) is 3. The van der Waals surface area contributed by atoms with Crippen LogP contribution in [-0.2, 0) is 13.0 Å². The highest BCUT2D eigenvalue weighted by molar-refractivity contribution is 5.89. The minimum absolute atomic E-state index is 0.189. The zero-order chi connectivity index (χ0) is 19.7. The maximum Gasteiger partial charge on any atom is 0.261 e. The van der Waals surface area contributed by atoms with E-state index in [1.54, 1.807) is 16.8 Å². The molecule has 0 aliphatic heterocycles. The van der Waals surface area contributed by atoms with Crippen molar-refractivity contribution in [3.05, 3.63) is 53.1 Å². The molecule has 4 aromatic rings. The Hall–Kier alpha value is -3.62. The van der Waals surface area contributed by atoms with Crippen molar-refractivity contribution in [3.8, 4) is 17.2 Å². The molecule has 0 N–H and O–H groups in total. The fourth-order valence-electron chi connectivity index (χ4n) is 3.16. The molecule has 0 amide bonds. The van der Waals surface area contributed by atoms with Gasteiger partial charge >= 0.3 is 0 Å². The van der Waals surface area contributed by atoms with Crippen molar-refractivity contribution in [2.45, 2.75) is 13.0 Å². The first-order chi connectivity index (χ1) is 13.7. The van der Waals surface area contributed by atoms with Gasteiger partial charge in [0.1, 0.15) is 5.52 Å². The second-order valence-corrected chi connectivity index (χ2v) is 6.09. The van der Waals surface area contributed by atoms with Gasteiger partial charge in [0.05, 0.1) is 38.7 Å². The molecule has 0 spiro atoms. The van der Waals surface area contributed by atoms with Crippen LogP contribution in [0.3, 0.4) is 0 Å². The van der Waals surface area contributed by atoms with E-state index >= 15 is 0 Å². The molecule has 28 heavy (non-hydrogen) atoms. The van der Waals surface area contributed by atoms with E-state index in [-0.39, 0.29) is 5.56 Å². The number of methoxy groups -OCH3 is 3. The number of hydrogen-bond donors (Lipinski definition) is 0. The van der Waals surface area contributed by atoms with Gasteiger partial charge in [-0.05, 0) is 12.1 Å². The van der Waals surface area contributed by atoms with Gasteiger partial charge in [0.25, 0.3) is 5.56 Å². The molecule has 9 nitrogen and oxygen atoms in total. The summed E-state index contributed by atoms with van der Waals surface area (Å²) in [5, 5.41) is 0.397. The third kappa shape index (κ3) is 2.90. The summed E-state index contributed by atoms with van der Waals surface area (Å²) in [5.41, 5.74) is 1.08. The van der Waals surface area contributed by atoms with E-state index in [1.165, 1.54) is 27.7 Å². The van der Waals surface area contributed by atoms with Crippen molar-refractivity contribution in [2.24, 2.45) is 0 Å². The number of imidazole rings is 1. The Morgan fingerprint density at radius 1 is 1.07 bits per heavy atom. The predicted molar refractivity (Wildman–Crippen MR) is 102 cm³/mol. The Bertz CT molecular complexity index is 1180. The van der Waals surface area contributed by atoms with Crippen molar-refractivity contribution in [1.82, 2.24) is 23.9 Å². The Morgan fingerprint density at radius 2 is 1.89 bits per heavy atom. The lowest BCUT2D eigenvalue weighted by molar-refractivity contribution is 0.326. The van der Waals surface area contributed by atoms with Crippen LogP contribution in [0, 0.1) is 0 Å². The summed E-state index contributed by atoms with van der Waals surface area (Å²) in [4.78, 5) is 26.1. The summed E-state index contributed by atoms with van der Waals surface area (Å²) in [6.07, 6.45) is 7.56. The number of benzene rings is 1. The van der Waals surface area contributed by atoms with Crippen LogP contribution < -0.4 is 19.8 Å². The van der Waals surface area contributed by atoms with Crippen molar-refractivity contribution in [3.63, 3.8) is 0 Å². The van der Waals surface area contributed by atoms with Gasteiger partial charge in [-0.1, -0.05) is 0 Å². The fraction of sp³-hybridized carbons (Fsp3) is 0.263. The third-order valence-corrected chi connectivity index (χ3v) is 4.52. The number of aromatic nitrogens is 5. The molecule has 3 heterocycles. The Morgan fingerprint density at radius 3 is 2.61 bits per heavy atom. The largest absolute Gasteiger partial charge is 0.493 e. The normalized spacial score (nSPS) is 11.1. The number of aryl methyl sites for hydroxylation is 2. The minimum atomic E-state index is -0.189. The van der Waals surface area contributed by atoms with Crippen molar-refractivity contribution in [1.29, 1.82) is 0 Å². The number of nitrogens with zero attached hydrogens (tertiary/aromatic N) is 5. The highest BCUT2D eigenvalue weighted by atomic mass is 16.5. The lowest BCUT2D eigenvalue weighted by Crippen LogP contribution is -2.22. The zero-order valence-corrected chi connectivity index (χ0v) is 15.7. The van der Waals surface area contributed by atoms with Gasteiger partial charge in [0, 0.05) is 31.6 Å². The molecule has 9 heteroatoms. The highest BCUT2D eigenvalue weighted by Crippen LogP contribution is 2.41. The van der Waals surface area contributed by atoms with Gasteiger partial charge in [0.15, 0.2) is 11.5 Å². The maximum atomic E-state index is 13.0. The predicted octanol–water partition coefficient (Wildman–Crippen LogP) is 1.71. The molecule has 0 saturated carbocycles. The second-order valence-electron chi connectivity index (χ2n) is 6.09. The molecule has 0 atom stereocenters. The van der Waals surface area contributed by atoms with E-state index in [0.29, 0.717) is 46.9 Å². The first kappa shape index (κ1) is 17.8. The summed E-state index contributed by atoms with van der Waals surface area (Å²) in [7, 11) is 4.52. The van der Waals surface area contributed by atoms with Crippen molar-refractivity contribution < 1.29 is 14.2 Å². The van der Waals surface area contributed by atoms with Crippen LogP contribution in [0.2, 0.25) is 0 Å². The molecule has 0 fully saturated rings. The van der Waals surface area contributed by atoms with E-state index in [4.69, 9.17) is 14.2 Å². The fourth-order valence-corrected chi connectivity index (χ4v) is 3.16. The number of fused-ring (bicyclic) bond motifs is 2.